The fourth-order valence-electron chi connectivity index (χ4n) is 1.83. The molecule has 1 unspecified atom stereocenters. The van der Waals surface area contributed by atoms with Gasteiger partial charge in [-0.25, -0.2) is 4.98 Å². The average molecular weight is 277 g/mol. The molecule has 2 rings (SSSR count). The quantitative estimate of drug-likeness (QED) is 0.768. The molecule has 0 aliphatic heterocycles. The molecule has 19 heavy (non-hydrogen) atoms. The second kappa shape index (κ2) is 6.66. The van der Waals surface area contributed by atoms with Gasteiger partial charge in [0, 0.05) is 5.75 Å². The third kappa shape index (κ3) is 3.77. The average Bonchev–Trinajstić information content (AvgIpc) is 2.46. The molecular weight excluding hydrogens is 258 g/mol. The van der Waals surface area contributed by atoms with Crippen LogP contribution in [0.25, 0.3) is 0 Å². The Morgan fingerprint density at radius 1 is 1.32 bits per heavy atom. The van der Waals surface area contributed by atoms with Crippen LogP contribution in [0.2, 0.25) is 0 Å². The van der Waals surface area contributed by atoms with Crippen LogP contribution in [0.1, 0.15) is 13.3 Å². The Morgan fingerprint density at radius 2 is 2.16 bits per heavy atom. The largest absolute Gasteiger partial charge is 0.491 e. The Bertz CT molecular complexity index is 497. The van der Waals surface area contributed by atoms with Crippen molar-refractivity contribution in [2.24, 2.45) is 5.92 Å². The molecule has 0 fully saturated rings. The summed E-state index contributed by atoms with van der Waals surface area (Å²) in [6.07, 6.45) is 7.91. The van der Waals surface area contributed by atoms with E-state index in [1.807, 2.05) is 12.1 Å². The van der Waals surface area contributed by atoms with Crippen LogP contribution in [0, 0.1) is 5.92 Å². The summed E-state index contributed by atoms with van der Waals surface area (Å²) in [5, 5.41) is 0.950. The monoisotopic (exact) mass is 277 g/mol. The molecule has 0 aromatic carbocycles. The molecule has 0 bridgehead atoms. The zero-order valence-electron chi connectivity index (χ0n) is 11.6. The van der Waals surface area contributed by atoms with Crippen molar-refractivity contribution in [3.05, 3.63) is 35.9 Å². The van der Waals surface area contributed by atoms with Crippen molar-refractivity contribution in [3.63, 3.8) is 0 Å². The summed E-state index contributed by atoms with van der Waals surface area (Å²) in [6.45, 7) is 2.23. The van der Waals surface area contributed by atoms with Crippen LogP contribution in [0.3, 0.4) is 0 Å². The van der Waals surface area contributed by atoms with E-state index >= 15 is 0 Å². The Kier molecular flexibility index (Phi) is 4.91. The first-order valence-corrected chi connectivity index (χ1v) is 7.30. The fraction of sp³-hybridized carbons (Fsp3) is 0.400. The lowest BCUT2D eigenvalue weighted by atomic mass is 10.00. The van der Waals surface area contributed by atoms with Gasteiger partial charge in [-0.05, 0) is 30.0 Å². The second-order valence-electron chi connectivity index (χ2n) is 4.50. The lowest BCUT2D eigenvalue weighted by Crippen LogP contribution is -1.97. The van der Waals surface area contributed by atoms with Crippen LogP contribution in [-0.2, 0) is 0 Å². The number of aromatic nitrogens is 1. The van der Waals surface area contributed by atoms with E-state index in [1.165, 1.54) is 5.57 Å². The van der Waals surface area contributed by atoms with Gasteiger partial charge in [-0.2, -0.15) is 0 Å². The van der Waals surface area contributed by atoms with Crippen LogP contribution in [0.15, 0.2) is 41.0 Å². The fourth-order valence-corrected chi connectivity index (χ4v) is 2.67. The van der Waals surface area contributed by atoms with Crippen LogP contribution in [-0.4, -0.2) is 25.0 Å². The smallest absolute Gasteiger partial charge is 0.257 e. The van der Waals surface area contributed by atoms with Gasteiger partial charge in [-0.3, -0.25) is 0 Å². The van der Waals surface area contributed by atoms with Crippen molar-refractivity contribution >= 4 is 11.8 Å². The molecule has 0 N–H and O–H groups in total. The number of hydrogen-bond donors (Lipinski definition) is 0. The highest BCUT2D eigenvalue weighted by Gasteiger charge is 2.08. The van der Waals surface area contributed by atoms with Crippen molar-refractivity contribution in [1.82, 2.24) is 4.98 Å². The van der Waals surface area contributed by atoms with E-state index in [9.17, 15) is 0 Å². The third-order valence-electron chi connectivity index (χ3n) is 2.99. The Morgan fingerprint density at radius 3 is 2.79 bits per heavy atom. The zero-order valence-corrected chi connectivity index (χ0v) is 12.4. The minimum atomic E-state index is 0.536. The maximum absolute atomic E-state index is 5.20. The molecule has 1 heterocycles. The van der Waals surface area contributed by atoms with Crippen LogP contribution in [0.5, 0.6) is 11.6 Å². The van der Waals surface area contributed by atoms with E-state index in [-0.39, 0.29) is 0 Å². The van der Waals surface area contributed by atoms with Gasteiger partial charge in [0.2, 0.25) is 0 Å². The first kappa shape index (κ1) is 14.0. The number of nitrogens with zero attached hydrogens (tertiary/aromatic N) is 1. The molecule has 1 aliphatic rings. The van der Waals surface area contributed by atoms with E-state index in [2.05, 4.69) is 30.1 Å². The molecule has 0 saturated heterocycles. The number of methoxy groups -OCH3 is 2. The summed E-state index contributed by atoms with van der Waals surface area (Å²) >= 11 is 1.71. The van der Waals surface area contributed by atoms with Gasteiger partial charge in [-0.15, -0.1) is 11.8 Å². The third-order valence-corrected chi connectivity index (χ3v) is 3.99. The topological polar surface area (TPSA) is 31.4 Å². The molecule has 1 aromatic rings. The molecule has 0 radical (unpaired) electrons. The SMILES string of the molecule is COc1ccc(SCC2=CCC(C)C=C2)nc1OC. The van der Waals surface area contributed by atoms with E-state index in [0.717, 1.165) is 17.2 Å². The van der Waals surface area contributed by atoms with Gasteiger partial charge in [-0.1, -0.05) is 25.2 Å². The van der Waals surface area contributed by atoms with Crippen molar-refractivity contribution in [3.8, 4) is 11.6 Å². The first-order valence-electron chi connectivity index (χ1n) is 6.32. The lowest BCUT2D eigenvalue weighted by Gasteiger charge is -2.12. The zero-order chi connectivity index (χ0) is 13.7. The first-order chi connectivity index (χ1) is 9.22. The Hall–Kier alpha value is -1.42. The molecular formula is C15H19NO2S. The van der Waals surface area contributed by atoms with Crippen LogP contribution < -0.4 is 9.47 Å². The van der Waals surface area contributed by atoms with Gasteiger partial charge in [0.25, 0.3) is 5.88 Å². The molecule has 102 valence electrons. The summed E-state index contributed by atoms with van der Waals surface area (Å²) < 4.78 is 10.4. The maximum Gasteiger partial charge on any atom is 0.257 e. The summed E-state index contributed by atoms with van der Waals surface area (Å²) in [5.74, 6) is 2.80. The molecule has 0 saturated carbocycles. The highest BCUT2D eigenvalue weighted by molar-refractivity contribution is 7.99. The number of rotatable bonds is 5. The van der Waals surface area contributed by atoms with Crippen LogP contribution in [0.4, 0.5) is 0 Å². The number of hydrogen-bond acceptors (Lipinski definition) is 4. The number of allylic oxidation sites excluding steroid dienone is 3. The Labute approximate surface area is 118 Å². The second-order valence-corrected chi connectivity index (χ2v) is 5.50. The highest BCUT2D eigenvalue weighted by atomic mass is 32.2. The molecule has 0 amide bonds. The summed E-state index contributed by atoms with van der Waals surface area (Å²) in [5.41, 5.74) is 1.36. The minimum Gasteiger partial charge on any atom is -0.491 e. The normalized spacial score (nSPS) is 18.1. The van der Waals surface area contributed by atoms with E-state index in [4.69, 9.17) is 9.47 Å². The molecule has 1 atom stereocenters. The van der Waals surface area contributed by atoms with Crippen molar-refractivity contribution in [2.75, 3.05) is 20.0 Å². The summed E-state index contributed by atoms with van der Waals surface area (Å²) in [7, 11) is 3.22. The molecule has 1 aromatic heterocycles. The number of ether oxygens (including phenoxy) is 2. The van der Waals surface area contributed by atoms with Crippen molar-refractivity contribution in [1.29, 1.82) is 0 Å². The van der Waals surface area contributed by atoms with Crippen LogP contribution >= 0.6 is 11.8 Å². The maximum atomic E-state index is 5.20. The van der Waals surface area contributed by atoms with Crippen molar-refractivity contribution < 1.29 is 9.47 Å². The molecule has 1 aliphatic carbocycles. The van der Waals surface area contributed by atoms with E-state index < -0.39 is 0 Å². The Balaban J connectivity index is 1.98. The minimum absolute atomic E-state index is 0.536. The van der Waals surface area contributed by atoms with E-state index in [1.54, 1.807) is 26.0 Å². The highest BCUT2D eigenvalue weighted by Crippen LogP contribution is 2.29. The number of pyridine rings is 1. The molecule has 3 nitrogen and oxygen atoms in total. The van der Waals surface area contributed by atoms with Crippen molar-refractivity contribution in [2.45, 2.75) is 18.4 Å². The lowest BCUT2D eigenvalue weighted by molar-refractivity contribution is 0.340. The summed E-state index contributed by atoms with van der Waals surface area (Å²) in [6, 6.07) is 3.85. The van der Waals surface area contributed by atoms with Gasteiger partial charge in [0.1, 0.15) is 5.03 Å². The number of thioether (sulfide) groups is 1. The van der Waals surface area contributed by atoms with Gasteiger partial charge in [0.05, 0.1) is 14.2 Å². The predicted molar refractivity (Wildman–Crippen MR) is 79.1 cm³/mol. The van der Waals surface area contributed by atoms with Gasteiger partial charge in [0.15, 0.2) is 5.75 Å². The van der Waals surface area contributed by atoms with Gasteiger partial charge < -0.3 is 9.47 Å². The van der Waals surface area contributed by atoms with Gasteiger partial charge >= 0.3 is 0 Å². The van der Waals surface area contributed by atoms with E-state index in [0.29, 0.717) is 17.5 Å². The molecule has 0 spiro atoms. The summed E-state index contributed by atoms with van der Waals surface area (Å²) in [4.78, 5) is 4.43. The predicted octanol–water partition coefficient (Wildman–Crippen LogP) is 3.71. The molecule has 4 heteroatoms. The standard InChI is InChI=1S/C15H19NO2S/c1-11-4-6-12(7-5-11)10-19-14-9-8-13(17-2)15(16-14)18-3/h4,6-9,11H,5,10H2,1-3H3.